The van der Waals surface area contributed by atoms with Crippen molar-refractivity contribution in [3.8, 4) is 0 Å². The normalized spacial score (nSPS) is 15.2. The van der Waals surface area contributed by atoms with Gasteiger partial charge in [0.25, 0.3) is 0 Å². The van der Waals surface area contributed by atoms with Crippen molar-refractivity contribution >= 4 is 17.3 Å². The van der Waals surface area contributed by atoms with Gasteiger partial charge >= 0.3 is 0 Å². The highest BCUT2D eigenvalue weighted by atomic mass is 35.5. The van der Waals surface area contributed by atoms with Gasteiger partial charge in [0.05, 0.1) is 0 Å². The van der Waals surface area contributed by atoms with Crippen molar-refractivity contribution < 1.29 is 0 Å². The third-order valence-electron chi connectivity index (χ3n) is 3.73. The van der Waals surface area contributed by atoms with Crippen molar-refractivity contribution in [2.75, 3.05) is 12.3 Å². The molecule has 98 valence electrons. The molecule has 2 N–H and O–H groups in total. The molecule has 0 saturated heterocycles. The van der Waals surface area contributed by atoms with Crippen molar-refractivity contribution in [3.63, 3.8) is 0 Å². The Morgan fingerprint density at radius 1 is 1.11 bits per heavy atom. The quantitative estimate of drug-likeness (QED) is 0.848. The van der Waals surface area contributed by atoms with Gasteiger partial charge in [0.15, 0.2) is 0 Å². The van der Waals surface area contributed by atoms with Gasteiger partial charge in [-0.3, -0.25) is 4.90 Å². The number of fused-ring (bicyclic) bond motifs is 1. The summed E-state index contributed by atoms with van der Waals surface area (Å²) >= 11 is 6.22. The van der Waals surface area contributed by atoms with E-state index < -0.39 is 0 Å². The predicted molar refractivity (Wildman–Crippen MR) is 80.1 cm³/mol. The number of hydrogen-bond donors (Lipinski definition) is 1. The lowest BCUT2D eigenvalue weighted by molar-refractivity contribution is 0.246. The van der Waals surface area contributed by atoms with Crippen molar-refractivity contribution in [2.45, 2.75) is 19.5 Å². The largest absolute Gasteiger partial charge is 0.398 e. The van der Waals surface area contributed by atoms with Gasteiger partial charge in [0.2, 0.25) is 0 Å². The molecule has 0 saturated carbocycles. The zero-order valence-corrected chi connectivity index (χ0v) is 11.5. The van der Waals surface area contributed by atoms with Gasteiger partial charge in [0, 0.05) is 30.3 Å². The second-order valence-corrected chi connectivity index (χ2v) is 5.44. The molecule has 0 atom stereocenters. The highest BCUT2D eigenvalue weighted by Crippen LogP contribution is 2.26. The number of halogens is 1. The molecular weight excluding hydrogens is 256 g/mol. The molecule has 2 aromatic rings. The smallest absolute Gasteiger partial charge is 0.0451 e. The van der Waals surface area contributed by atoms with Crippen LogP contribution in [0.25, 0.3) is 0 Å². The molecule has 1 aliphatic rings. The summed E-state index contributed by atoms with van der Waals surface area (Å²) < 4.78 is 0. The van der Waals surface area contributed by atoms with Crippen LogP contribution in [0.5, 0.6) is 0 Å². The molecule has 0 aliphatic carbocycles. The number of nitrogens with zero attached hydrogens (tertiary/aromatic N) is 1. The summed E-state index contributed by atoms with van der Waals surface area (Å²) in [6.45, 7) is 2.88. The van der Waals surface area contributed by atoms with E-state index in [0.717, 1.165) is 36.8 Å². The second-order valence-electron chi connectivity index (χ2n) is 5.04. The summed E-state index contributed by atoms with van der Waals surface area (Å²) in [5.74, 6) is 0. The highest BCUT2D eigenvalue weighted by Gasteiger charge is 2.18. The first kappa shape index (κ1) is 12.5. The van der Waals surface area contributed by atoms with Gasteiger partial charge in [-0.2, -0.15) is 0 Å². The van der Waals surface area contributed by atoms with Crippen molar-refractivity contribution in [2.24, 2.45) is 0 Å². The van der Waals surface area contributed by atoms with Crippen LogP contribution in [0.1, 0.15) is 16.7 Å². The molecule has 1 heterocycles. The van der Waals surface area contributed by atoms with Crippen LogP contribution in [-0.4, -0.2) is 11.4 Å². The average molecular weight is 273 g/mol. The maximum absolute atomic E-state index is 6.22. The maximum Gasteiger partial charge on any atom is 0.0451 e. The minimum atomic E-state index is 0.848. The zero-order valence-electron chi connectivity index (χ0n) is 10.8. The molecule has 0 bridgehead atoms. The molecule has 0 fully saturated rings. The monoisotopic (exact) mass is 272 g/mol. The van der Waals surface area contributed by atoms with E-state index in [9.17, 15) is 0 Å². The van der Waals surface area contributed by atoms with E-state index in [1.165, 1.54) is 16.7 Å². The molecule has 0 aromatic heterocycles. The Balaban J connectivity index is 1.78. The number of nitrogen functional groups attached to an aromatic ring is 1. The third kappa shape index (κ3) is 2.60. The summed E-state index contributed by atoms with van der Waals surface area (Å²) in [6.07, 6.45) is 1.02. The van der Waals surface area contributed by atoms with Gasteiger partial charge in [-0.05, 0) is 35.2 Å². The Kier molecular flexibility index (Phi) is 3.45. The van der Waals surface area contributed by atoms with Crippen molar-refractivity contribution in [1.82, 2.24) is 4.90 Å². The van der Waals surface area contributed by atoms with Crippen LogP contribution < -0.4 is 5.73 Å². The molecule has 2 nitrogen and oxygen atoms in total. The SMILES string of the molecule is Nc1cccc2c1CCN(Cc1ccccc1Cl)C2. The molecule has 3 heteroatoms. The summed E-state index contributed by atoms with van der Waals surface area (Å²) in [5.41, 5.74) is 10.8. The number of nitrogens with two attached hydrogens (primary N) is 1. The van der Waals surface area contributed by atoms with Crippen molar-refractivity contribution in [3.05, 3.63) is 64.2 Å². The van der Waals surface area contributed by atoms with E-state index in [1.807, 2.05) is 30.3 Å². The van der Waals surface area contributed by atoms with Crippen LogP contribution in [0.15, 0.2) is 42.5 Å². The van der Waals surface area contributed by atoms with Crippen LogP contribution in [0.4, 0.5) is 5.69 Å². The Bertz CT molecular complexity index is 595. The molecule has 19 heavy (non-hydrogen) atoms. The predicted octanol–water partition coefficient (Wildman–Crippen LogP) is 3.48. The highest BCUT2D eigenvalue weighted by molar-refractivity contribution is 6.31. The van der Waals surface area contributed by atoms with E-state index in [0.29, 0.717) is 0 Å². The Labute approximate surface area is 118 Å². The van der Waals surface area contributed by atoms with Gasteiger partial charge in [-0.25, -0.2) is 0 Å². The minimum absolute atomic E-state index is 0.848. The number of hydrogen-bond acceptors (Lipinski definition) is 2. The van der Waals surface area contributed by atoms with Crippen molar-refractivity contribution in [1.29, 1.82) is 0 Å². The van der Waals surface area contributed by atoms with Crippen LogP contribution in [0.2, 0.25) is 5.02 Å². The lowest BCUT2D eigenvalue weighted by atomic mass is 9.97. The topological polar surface area (TPSA) is 29.3 Å². The first-order valence-electron chi connectivity index (χ1n) is 6.56. The zero-order chi connectivity index (χ0) is 13.2. The fourth-order valence-corrected chi connectivity index (χ4v) is 2.90. The van der Waals surface area contributed by atoms with E-state index >= 15 is 0 Å². The second kappa shape index (κ2) is 5.24. The number of benzene rings is 2. The Morgan fingerprint density at radius 3 is 2.79 bits per heavy atom. The average Bonchev–Trinajstić information content (AvgIpc) is 2.42. The van der Waals surface area contributed by atoms with Gasteiger partial charge < -0.3 is 5.73 Å². The summed E-state index contributed by atoms with van der Waals surface area (Å²) in [7, 11) is 0. The van der Waals surface area contributed by atoms with Crippen LogP contribution in [-0.2, 0) is 19.5 Å². The molecule has 0 amide bonds. The van der Waals surface area contributed by atoms with Gasteiger partial charge in [-0.1, -0.05) is 41.9 Å². The standard InChI is InChI=1S/C16H17ClN2/c17-15-6-2-1-4-13(15)11-19-9-8-14-12(10-19)5-3-7-16(14)18/h1-7H,8-11,18H2. The van der Waals surface area contributed by atoms with Gasteiger partial charge in [0.1, 0.15) is 0 Å². The molecule has 0 spiro atoms. The van der Waals surface area contributed by atoms with Crippen LogP contribution in [0.3, 0.4) is 0 Å². The van der Waals surface area contributed by atoms with E-state index in [2.05, 4.69) is 17.0 Å². The first-order chi connectivity index (χ1) is 9.24. The molecule has 3 rings (SSSR count). The fraction of sp³-hybridized carbons (Fsp3) is 0.250. The van der Waals surface area contributed by atoms with E-state index in [-0.39, 0.29) is 0 Å². The summed E-state index contributed by atoms with van der Waals surface area (Å²) in [4.78, 5) is 2.42. The molecule has 0 radical (unpaired) electrons. The minimum Gasteiger partial charge on any atom is -0.398 e. The summed E-state index contributed by atoms with van der Waals surface area (Å²) in [5, 5.41) is 0.848. The Hall–Kier alpha value is -1.51. The fourth-order valence-electron chi connectivity index (χ4n) is 2.70. The summed E-state index contributed by atoms with van der Waals surface area (Å²) in [6, 6.07) is 14.2. The Morgan fingerprint density at radius 2 is 1.95 bits per heavy atom. The van der Waals surface area contributed by atoms with Crippen LogP contribution in [0, 0.1) is 0 Å². The molecule has 1 aliphatic heterocycles. The van der Waals surface area contributed by atoms with E-state index in [4.69, 9.17) is 17.3 Å². The molecular formula is C16H17ClN2. The number of anilines is 1. The lowest BCUT2D eigenvalue weighted by Crippen LogP contribution is -2.30. The number of rotatable bonds is 2. The van der Waals surface area contributed by atoms with Crippen LogP contribution >= 0.6 is 11.6 Å². The van der Waals surface area contributed by atoms with Gasteiger partial charge in [-0.15, -0.1) is 0 Å². The first-order valence-corrected chi connectivity index (χ1v) is 6.94. The molecule has 0 unspecified atom stereocenters. The maximum atomic E-state index is 6.22. The van der Waals surface area contributed by atoms with E-state index in [1.54, 1.807) is 0 Å². The third-order valence-corrected chi connectivity index (χ3v) is 4.10. The lowest BCUT2D eigenvalue weighted by Gasteiger charge is -2.29. The molecule has 2 aromatic carbocycles.